The third kappa shape index (κ3) is 10.4. The second kappa shape index (κ2) is 10.6. The number of carbonyl (C=O) groups is 2. The molecule has 5 nitrogen and oxygen atoms in total. The molecule has 0 fully saturated rings. The van der Waals surface area contributed by atoms with E-state index in [0.717, 1.165) is 32.2 Å². The molecular formula is C14H28N2O3. The van der Waals surface area contributed by atoms with Crippen molar-refractivity contribution in [2.45, 2.75) is 52.4 Å². The molecule has 0 bridgehead atoms. The fourth-order valence-electron chi connectivity index (χ4n) is 1.78. The van der Waals surface area contributed by atoms with Gasteiger partial charge in [-0.1, -0.05) is 26.7 Å². The highest BCUT2D eigenvalue weighted by atomic mass is 16.4. The lowest BCUT2D eigenvalue weighted by Gasteiger charge is -2.18. The first kappa shape index (κ1) is 17.7. The van der Waals surface area contributed by atoms with Crippen LogP contribution in [0.25, 0.3) is 0 Å². The molecule has 0 radical (unpaired) electrons. The lowest BCUT2D eigenvalue weighted by atomic mass is 10.0. The van der Waals surface area contributed by atoms with Crippen molar-refractivity contribution < 1.29 is 14.7 Å². The number of carboxylic acid groups (broad SMARTS) is 1. The van der Waals surface area contributed by atoms with Crippen molar-refractivity contribution in [1.29, 1.82) is 0 Å². The molecule has 19 heavy (non-hydrogen) atoms. The topological polar surface area (TPSA) is 69.6 Å². The van der Waals surface area contributed by atoms with Crippen LogP contribution < -0.4 is 5.32 Å². The molecule has 0 aromatic rings. The smallest absolute Gasteiger partial charge is 0.317 e. The van der Waals surface area contributed by atoms with Crippen LogP contribution in [-0.2, 0) is 4.79 Å². The van der Waals surface area contributed by atoms with E-state index in [4.69, 9.17) is 5.11 Å². The average molecular weight is 272 g/mol. The van der Waals surface area contributed by atoms with E-state index in [1.807, 2.05) is 6.92 Å². The van der Waals surface area contributed by atoms with Crippen LogP contribution in [0, 0.1) is 5.92 Å². The molecule has 0 heterocycles. The van der Waals surface area contributed by atoms with Gasteiger partial charge in [-0.2, -0.15) is 0 Å². The van der Waals surface area contributed by atoms with Gasteiger partial charge in [-0.3, -0.25) is 4.79 Å². The van der Waals surface area contributed by atoms with Gasteiger partial charge in [-0.05, 0) is 25.2 Å². The van der Waals surface area contributed by atoms with Crippen molar-refractivity contribution in [3.05, 3.63) is 0 Å². The van der Waals surface area contributed by atoms with Crippen LogP contribution in [-0.4, -0.2) is 42.1 Å². The maximum absolute atomic E-state index is 11.7. The SMILES string of the molecule is CCCCCN(C)C(=O)NCCC(C)CCC(=O)O. The van der Waals surface area contributed by atoms with Gasteiger partial charge in [0.15, 0.2) is 0 Å². The van der Waals surface area contributed by atoms with E-state index in [0.29, 0.717) is 18.9 Å². The van der Waals surface area contributed by atoms with Gasteiger partial charge in [-0.25, -0.2) is 4.79 Å². The number of unbranched alkanes of at least 4 members (excludes halogenated alkanes) is 2. The van der Waals surface area contributed by atoms with E-state index in [9.17, 15) is 9.59 Å². The summed E-state index contributed by atoms with van der Waals surface area (Å²) < 4.78 is 0. The van der Waals surface area contributed by atoms with Gasteiger partial charge in [0.1, 0.15) is 0 Å². The van der Waals surface area contributed by atoms with Crippen molar-refractivity contribution >= 4 is 12.0 Å². The van der Waals surface area contributed by atoms with E-state index in [-0.39, 0.29) is 12.5 Å². The van der Waals surface area contributed by atoms with Crippen molar-refractivity contribution in [3.63, 3.8) is 0 Å². The number of hydrogen-bond donors (Lipinski definition) is 2. The predicted octanol–water partition coefficient (Wildman–Crippen LogP) is 2.71. The Morgan fingerprint density at radius 2 is 1.95 bits per heavy atom. The largest absolute Gasteiger partial charge is 0.481 e. The lowest BCUT2D eigenvalue weighted by Crippen LogP contribution is -2.38. The summed E-state index contributed by atoms with van der Waals surface area (Å²) in [6.45, 7) is 5.55. The third-order valence-corrected chi connectivity index (χ3v) is 3.21. The van der Waals surface area contributed by atoms with Gasteiger partial charge in [0.2, 0.25) is 0 Å². The maximum Gasteiger partial charge on any atom is 0.317 e. The second-order valence-electron chi connectivity index (χ2n) is 5.19. The Morgan fingerprint density at radius 1 is 1.26 bits per heavy atom. The standard InChI is InChI=1S/C14H28N2O3/c1-4-5-6-11-16(3)14(19)15-10-9-12(2)7-8-13(17)18/h12H,4-11H2,1-3H3,(H,15,19)(H,17,18). The Balaban J connectivity index is 3.63. The van der Waals surface area contributed by atoms with Gasteiger partial charge in [-0.15, -0.1) is 0 Å². The van der Waals surface area contributed by atoms with Gasteiger partial charge >= 0.3 is 12.0 Å². The molecule has 2 N–H and O–H groups in total. The molecular weight excluding hydrogens is 244 g/mol. The van der Waals surface area contributed by atoms with Crippen molar-refractivity contribution in [3.8, 4) is 0 Å². The molecule has 1 atom stereocenters. The van der Waals surface area contributed by atoms with Gasteiger partial charge in [0.25, 0.3) is 0 Å². The van der Waals surface area contributed by atoms with E-state index < -0.39 is 5.97 Å². The molecule has 0 aromatic heterocycles. The first-order valence-electron chi connectivity index (χ1n) is 7.18. The fourth-order valence-corrected chi connectivity index (χ4v) is 1.78. The van der Waals surface area contributed by atoms with E-state index in [1.165, 1.54) is 0 Å². The molecule has 0 aromatic carbocycles. The zero-order chi connectivity index (χ0) is 14.7. The molecule has 0 aliphatic rings. The Morgan fingerprint density at radius 3 is 2.53 bits per heavy atom. The summed E-state index contributed by atoms with van der Waals surface area (Å²) in [5, 5.41) is 11.4. The molecule has 0 spiro atoms. The van der Waals surface area contributed by atoms with E-state index in [2.05, 4.69) is 12.2 Å². The van der Waals surface area contributed by atoms with Crippen LogP contribution >= 0.6 is 0 Å². The zero-order valence-electron chi connectivity index (χ0n) is 12.4. The molecule has 0 saturated carbocycles. The summed E-state index contributed by atoms with van der Waals surface area (Å²) in [6.07, 6.45) is 5.02. The molecule has 0 aliphatic heterocycles. The van der Waals surface area contributed by atoms with E-state index >= 15 is 0 Å². The summed E-state index contributed by atoms with van der Waals surface area (Å²) >= 11 is 0. The van der Waals surface area contributed by atoms with Crippen LogP contribution in [0.3, 0.4) is 0 Å². The Kier molecular flexibility index (Phi) is 9.94. The average Bonchev–Trinajstić information content (AvgIpc) is 2.36. The van der Waals surface area contributed by atoms with Crippen LogP contribution in [0.5, 0.6) is 0 Å². The number of rotatable bonds is 10. The molecule has 5 heteroatoms. The first-order chi connectivity index (χ1) is 8.97. The molecule has 0 rings (SSSR count). The van der Waals surface area contributed by atoms with Crippen LogP contribution in [0.15, 0.2) is 0 Å². The fraction of sp³-hybridized carbons (Fsp3) is 0.857. The minimum absolute atomic E-state index is 0.0402. The molecule has 0 aliphatic carbocycles. The van der Waals surface area contributed by atoms with Gasteiger partial charge in [0.05, 0.1) is 0 Å². The van der Waals surface area contributed by atoms with Crippen molar-refractivity contribution in [1.82, 2.24) is 10.2 Å². The predicted molar refractivity (Wildman–Crippen MR) is 76.2 cm³/mol. The highest BCUT2D eigenvalue weighted by Crippen LogP contribution is 2.09. The normalized spacial score (nSPS) is 11.9. The van der Waals surface area contributed by atoms with Crippen LogP contribution in [0.1, 0.15) is 52.4 Å². The monoisotopic (exact) mass is 272 g/mol. The highest BCUT2D eigenvalue weighted by molar-refractivity contribution is 5.73. The lowest BCUT2D eigenvalue weighted by molar-refractivity contribution is -0.137. The number of carboxylic acids is 1. The number of amides is 2. The number of carbonyl (C=O) groups excluding carboxylic acids is 1. The summed E-state index contributed by atoms with van der Waals surface area (Å²) in [7, 11) is 1.80. The number of nitrogens with zero attached hydrogens (tertiary/aromatic N) is 1. The zero-order valence-corrected chi connectivity index (χ0v) is 12.4. The van der Waals surface area contributed by atoms with Crippen LogP contribution in [0.2, 0.25) is 0 Å². The third-order valence-electron chi connectivity index (χ3n) is 3.21. The van der Waals surface area contributed by atoms with E-state index in [1.54, 1.807) is 11.9 Å². The first-order valence-corrected chi connectivity index (χ1v) is 7.18. The number of urea groups is 1. The Labute approximate surface area is 116 Å². The minimum Gasteiger partial charge on any atom is -0.481 e. The number of nitrogens with one attached hydrogen (secondary N) is 1. The second-order valence-corrected chi connectivity index (χ2v) is 5.19. The molecule has 112 valence electrons. The summed E-state index contributed by atoms with van der Waals surface area (Å²) in [6, 6.07) is -0.0402. The van der Waals surface area contributed by atoms with Crippen molar-refractivity contribution in [2.24, 2.45) is 5.92 Å². The highest BCUT2D eigenvalue weighted by Gasteiger charge is 2.09. The Bertz CT molecular complexity index is 269. The van der Waals surface area contributed by atoms with Crippen LogP contribution in [0.4, 0.5) is 4.79 Å². The molecule has 2 amide bonds. The van der Waals surface area contributed by atoms with Gasteiger partial charge in [0, 0.05) is 26.6 Å². The minimum atomic E-state index is -0.758. The van der Waals surface area contributed by atoms with Gasteiger partial charge < -0.3 is 15.3 Å². The summed E-state index contributed by atoms with van der Waals surface area (Å²) in [5.41, 5.74) is 0. The Hall–Kier alpha value is -1.26. The number of aliphatic carboxylic acids is 1. The molecule has 1 unspecified atom stereocenters. The summed E-state index contributed by atoms with van der Waals surface area (Å²) in [4.78, 5) is 23.8. The molecule has 0 saturated heterocycles. The quantitative estimate of drug-likeness (QED) is 0.601. The number of hydrogen-bond acceptors (Lipinski definition) is 2. The maximum atomic E-state index is 11.7. The van der Waals surface area contributed by atoms with Crippen molar-refractivity contribution in [2.75, 3.05) is 20.1 Å². The summed E-state index contributed by atoms with van der Waals surface area (Å²) in [5.74, 6) is -0.437.